The van der Waals surface area contributed by atoms with Gasteiger partial charge in [0, 0.05) is 18.5 Å². The van der Waals surface area contributed by atoms with Gasteiger partial charge in [0.15, 0.2) is 0 Å². The summed E-state index contributed by atoms with van der Waals surface area (Å²) in [4.78, 5) is 0. The smallest absolute Gasteiger partial charge is 0.213 e. The van der Waals surface area contributed by atoms with Gasteiger partial charge in [-0.05, 0) is 19.4 Å². The monoisotopic (exact) mass is 269 g/mol. The lowest BCUT2D eigenvalue weighted by atomic mass is 9.70. The van der Waals surface area contributed by atoms with Crippen LogP contribution in [0.2, 0.25) is 0 Å². The number of aromatic hydroxyl groups is 1. The maximum Gasteiger partial charge on any atom is 0.213 e. The zero-order chi connectivity index (χ0) is 14.3. The minimum absolute atomic E-state index is 0.0166. The SMILES string of the molecule is Cc1nn(C)c(O)c1C1C(O)C(NCC(C)C)C1O. The molecule has 6 heteroatoms. The number of aromatic nitrogens is 2. The fourth-order valence-corrected chi connectivity index (χ4v) is 2.71. The second-order valence-electron chi connectivity index (χ2n) is 5.78. The molecule has 0 aromatic carbocycles. The van der Waals surface area contributed by atoms with Crippen LogP contribution in [0.3, 0.4) is 0 Å². The summed E-state index contributed by atoms with van der Waals surface area (Å²) in [5.74, 6) is -0.00625. The molecule has 0 bridgehead atoms. The highest BCUT2D eigenvalue weighted by atomic mass is 16.3. The van der Waals surface area contributed by atoms with E-state index in [9.17, 15) is 15.3 Å². The molecule has 2 rings (SSSR count). The van der Waals surface area contributed by atoms with Gasteiger partial charge >= 0.3 is 0 Å². The lowest BCUT2D eigenvalue weighted by molar-refractivity contribution is -0.0899. The number of hydrogen-bond donors (Lipinski definition) is 4. The number of aryl methyl sites for hydroxylation is 2. The fourth-order valence-electron chi connectivity index (χ4n) is 2.71. The molecule has 1 heterocycles. The Kier molecular flexibility index (Phi) is 3.85. The number of nitrogens with zero attached hydrogens (tertiary/aromatic N) is 2. The molecule has 4 N–H and O–H groups in total. The molecule has 6 nitrogen and oxygen atoms in total. The zero-order valence-electron chi connectivity index (χ0n) is 11.8. The molecule has 108 valence electrons. The van der Waals surface area contributed by atoms with E-state index in [2.05, 4.69) is 24.3 Å². The molecule has 1 aromatic rings. The van der Waals surface area contributed by atoms with Gasteiger partial charge in [-0.3, -0.25) is 0 Å². The molecule has 1 saturated carbocycles. The van der Waals surface area contributed by atoms with E-state index in [0.717, 1.165) is 6.54 Å². The van der Waals surface area contributed by atoms with Gasteiger partial charge < -0.3 is 20.6 Å². The number of rotatable bonds is 4. The Labute approximate surface area is 113 Å². The summed E-state index contributed by atoms with van der Waals surface area (Å²) in [5, 5.41) is 37.6. The van der Waals surface area contributed by atoms with Crippen molar-refractivity contribution in [3.8, 4) is 5.88 Å². The van der Waals surface area contributed by atoms with Crippen LogP contribution in [-0.2, 0) is 7.05 Å². The van der Waals surface area contributed by atoms with Gasteiger partial charge in [-0.15, -0.1) is 0 Å². The lowest BCUT2D eigenvalue weighted by Gasteiger charge is -2.47. The van der Waals surface area contributed by atoms with Crippen molar-refractivity contribution in [2.75, 3.05) is 6.54 Å². The first-order chi connectivity index (χ1) is 8.84. The predicted octanol–water partition coefficient (Wildman–Crippen LogP) is -0.133. The van der Waals surface area contributed by atoms with Crippen molar-refractivity contribution in [2.24, 2.45) is 13.0 Å². The predicted molar refractivity (Wildman–Crippen MR) is 71.0 cm³/mol. The van der Waals surface area contributed by atoms with E-state index in [1.165, 1.54) is 4.68 Å². The van der Waals surface area contributed by atoms with Crippen LogP contribution in [0.5, 0.6) is 5.88 Å². The van der Waals surface area contributed by atoms with Gasteiger partial charge in [-0.1, -0.05) is 13.8 Å². The molecule has 0 amide bonds. The standard InChI is InChI=1S/C13H23N3O3/c1-6(2)5-14-10-11(17)9(12(10)18)8-7(3)15-16(4)13(8)19/h6,9-12,14,17-19H,5H2,1-4H3. The maximum atomic E-state index is 10.2. The van der Waals surface area contributed by atoms with Crippen molar-refractivity contribution in [2.45, 2.75) is 44.9 Å². The van der Waals surface area contributed by atoms with Gasteiger partial charge in [0.2, 0.25) is 5.88 Å². The Bertz CT molecular complexity index is 448. The Morgan fingerprint density at radius 2 is 1.89 bits per heavy atom. The first-order valence-electron chi connectivity index (χ1n) is 6.66. The molecular weight excluding hydrogens is 246 g/mol. The van der Waals surface area contributed by atoms with Crippen LogP contribution < -0.4 is 5.32 Å². The fraction of sp³-hybridized carbons (Fsp3) is 0.769. The topological polar surface area (TPSA) is 90.5 Å². The molecule has 0 radical (unpaired) electrons. The lowest BCUT2D eigenvalue weighted by Crippen LogP contribution is -2.64. The third-order valence-electron chi connectivity index (χ3n) is 3.80. The minimum atomic E-state index is -0.706. The van der Waals surface area contributed by atoms with Crippen molar-refractivity contribution in [1.29, 1.82) is 0 Å². The summed E-state index contributed by atoms with van der Waals surface area (Å²) < 4.78 is 1.36. The highest BCUT2D eigenvalue weighted by Crippen LogP contribution is 2.42. The largest absolute Gasteiger partial charge is 0.493 e. The van der Waals surface area contributed by atoms with E-state index >= 15 is 0 Å². The number of nitrogens with one attached hydrogen (secondary N) is 1. The van der Waals surface area contributed by atoms with Crippen LogP contribution in [0.1, 0.15) is 31.0 Å². The average Bonchev–Trinajstić information content (AvgIpc) is 2.56. The van der Waals surface area contributed by atoms with Crippen LogP contribution in [-0.4, -0.2) is 49.9 Å². The summed E-state index contributed by atoms with van der Waals surface area (Å²) in [5.41, 5.74) is 1.19. The van der Waals surface area contributed by atoms with Crippen molar-refractivity contribution in [3.05, 3.63) is 11.3 Å². The van der Waals surface area contributed by atoms with E-state index in [-0.39, 0.29) is 11.9 Å². The third-order valence-corrected chi connectivity index (χ3v) is 3.80. The highest BCUT2D eigenvalue weighted by molar-refractivity contribution is 5.39. The Morgan fingerprint density at radius 3 is 2.32 bits per heavy atom. The van der Waals surface area contributed by atoms with Crippen molar-refractivity contribution >= 4 is 0 Å². The average molecular weight is 269 g/mol. The van der Waals surface area contributed by atoms with Crippen LogP contribution in [0, 0.1) is 12.8 Å². The van der Waals surface area contributed by atoms with Gasteiger partial charge in [0.25, 0.3) is 0 Å². The van der Waals surface area contributed by atoms with Crippen LogP contribution in [0.25, 0.3) is 0 Å². The maximum absolute atomic E-state index is 10.2. The Morgan fingerprint density at radius 1 is 1.32 bits per heavy atom. The molecule has 0 aliphatic heterocycles. The van der Waals surface area contributed by atoms with Gasteiger partial charge in [-0.2, -0.15) is 5.10 Å². The van der Waals surface area contributed by atoms with E-state index in [0.29, 0.717) is 17.2 Å². The third kappa shape index (κ3) is 2.35. The van der Waals surface area contributed by atoms with Gasteiger partial charge in [0.05, 0.1) is 23.9 Å². The summed E-state index contributed by atoms with van der Waals surface area (Å²) in [6.07, 6.45) is -1.41. The summed E-state index contributed by atoms with van der Waals surface area (Å²) in [6, 6.07) is -0.341. The number of hydrogen-bond acceptors (Lipinski definition) is 5. The molecule has 0 saturated heterocycles. The Hall–Kier alpha value is -1.11. The molecule has 2 unspecified atom stereocenters. The molecule has 1 aromatic heterocycles. The van der Waals surface area contributed by atoms with Crippen molar-refractivity contribution < 1.29 is 15.3 Å². The molecule has 1 fully saturated rings. The summed E-state index contributed by atoms with van der Waals surface area (Å²) in [7, 11) is 1.64. The van der Waals surface area contributed by atoms with Gasteiger partial charge in [0.1, 0.15) is 0 Å². The van der Waals surface area contributed by atoms with E-state index in [1.54, 1.807) is 14.0 Å². The molecule has 1 aliphatic rings. The van der Waals surface area contributed by atoms with Crippen LogP contribution >= 0.6 is 0 Å². The van der Waals surface area contributed by atoms with Crippen LogP contribution in [0.4, 0.5) is 0 Å². The first kappa shape index (κ1) is 14.3. The zero-order valence-corrected chi connectivity index (χ0v) is 11.8. The number of aliphatic hydroxyl groups excluding tert-OH is 2. The Balaban J connectivity index is 2.12. The van der Waals surface area contributed by atoms with Crippen LogP contribution in [0.15, 0.2) is 0 Å². The second kappa shape index (κ2) is 5.11. The van der Waals surface area contributed by atoms with E-state index < -0.39 is 18.1 Å². The van der Waals surface area contributed by atoms with Crippen molar-refractivity contribution in [1.82, 2.24) is 15.1 Å². The number of aliphatic hydroxyl groups is 2. The minimum Gasteiger partial charge on any atom is -0.493 e. The quantitative estimate of drug-likeness (QED) is 0.611. The van der Waals surface area contributed by atoms with E-state index in [4.69, 9.17) is 0 Å². The summed E-state index contributed by atoms with van der Waals surface area (Å²) in [6.45, 7) is 6.64. The first-order valence-corrected chi connectivity index (χ1v) is 6.66. The second-order valence-corrected chi connectivity index (χ2v) is 5.78. The molecule has 0 spiro atoms. The van der Waals surface area contributed by atoms with Crippen molar-refractivity contribution in [3.63, 3.8) is 0 Å². The highest BCUT2D eigenvalue weighted by Gasteiger charge is 2.51. The molecule has 1 aliphatic carbocycles. The van der Waals surface area contributed by atoms with Gasteiger partial charge in [-0.25, -0.2) is 4.68 Å². The summed E-state index contributed by atoms with van der Waals surface area (Å²) >= 11 is 0. The molecular formula is C13H23N3O3. The normalized spacial score (nSPS) is 30.7. The van der Waals surface area contributed by atoms with E-state index in [1.807, 2.05) is 0 Å². The molecule has 19 heavy (non-hydrogen) atoms. The molecule has 2 atom stereocenters.